The molecule has 4 heteroatoms. The van der Waals surface area contributed by atoms with Gasteiger partial charge in [0.2, 0.25) is 0 Å². The predicted octanol–water partition coefficient (Wildman–Crippen LogP) is 4.05. The summed E-state index contributed by atoms with van der Waals surface area (Å²) in [7, 11) is 2.07. The van der Waals surface area contributed by atoms with E-state index in [0.717, 1.165) is 17.8 Å². The van der Waals surface area contributed by atoms with Gasteiger partial charge in [-0.15, -0.1) is 11.3 Å². The van der Waals surface area contributed by atoms with E-state index in [1.807, 2.05) is 12.1 Å². The monoisotopic (exact) mass is 280 g/mol. The summed E-state index contributed by atoms with van der Waals surface area (Å²) in [6, 6.07) is 10.3. The number of benzene rings is 1. The Labute approximate surface area is 117 Å². The van der Waals surface area contributed by atoms with Crippen molar-refractivity contribution in [2.45, 2.75) is 19.4 Å². The lowest BCUT2D eigenvalue weighted by Crippen LogP contribution is -2.31. The molecule has 0 radical (unpaired) electrons. The molecule has 96 valence electrons. The van der Waals surface area contributed by atoms with Crippen molar-refractivity contribution in [3.05, 3.63) is 45.6 Å². The van der Waals surface area contributed by atoms with Gasteiger partial charge in [0, 0.05) is 29.4 Å². The van der Waals surface area contributed by atoms with Crippen LogP contribution in [0.25, 0.3) is 0 Å². The molecule has 1 atom stereocenters. The van der Waals surface area contributed by atoms with Crippen molar-refractivity contribution in [1.82, 2.24) is 0 Å². The number of nitrogens with two attached hydrogens (primary N) is 1. The zero-order chi connectivity index (χ0) is 13.1. The van der Waals surface area contributed by atoms with E-state index in [4.69, 9.17) is 17.3 Å². The highest BCUT2D eigenvalue weighted by Crippen LogP contribution is 2.28. The summed E-state index contributed by atoms with van der Waals surface area (Å²) in [6.07, 6.45) is 1.02. The van der Waals surface area contributed by atoms with Gasteiger partial charge in [-0.05, 0) is 36.6 Å². The normalized spacial score (nSPS) is 12.4. The Morgan fingerprint density at radius 1 is 1.39 bits per heavy atom. The van der Waals surface area contributed by atoms with Crippen LogP contribution in [-0.2, 0) is 6.42 Å². The molecule has 0 amide bonds. The smallest absolute Gasteiger partial charge is 0.0600 e. The van der Waals surface area contributed by atoms with Crippen LogP contribution in [0.15, 0.2) is 35.7 Å². The molecule has 18 heavy (non-hydrogen) atoms. The van der Waals surface area contributed by atoms with E-state index in [1.54, 1.807) is 17.4 Å². The summed E-state index contributed by atoms with van der Waals surface area (Å²) in [5, 5.41) is 2.79. The van der Waals surface area contributed by atoms with Crippen LogP contribution in [0, 0.1) is 0 Å². The lowest BCUT2D eigenvalue weighted by atomic mass is 10.1. The van der Waals surface area contributed by atoms with Crippen LogP contribution < -0.4 is 10.6 Å². The second-order valence-corrected chi connectivity index (χ2v) is 5.92. The second kappa shape index (κ2) is 5.63. The lowest BCUT2D eigenvalue weighted by molar-refractivity contribution is 0.689. The van der Waals surface area contributed by atoms with Gasteiger partial charge in [-0.3, -0.25) is 0 Å². The molecule has 2 rings (SSSR count). The minimum Gasteiger partial charge on any atom is -0.397 e. The summed E-state index contributed by atoms with van der Waals surface area (Å²) in [5.74, 6) is 0. The summed E-state index contributed by atoms with van der Waals surface area (Å²) in [5.41, 5.74) is 7.77. The highest BCUT2D eigenvalue weighted by Gasteiger charge is 2.13. The number of nitrogen functional groups attached to an aromatic ring is 1. The average molecular weight is 281 g/mol. The molecule has 0 aliphatic carbocycles. The molecule has 1 unspecified atom stereocenters. The van der Waals surface area contributed by atoms with Crippen LogP contribution in [0.5, 0.6) is 0 Å². The fourth-order valence-corrected chi connectivity index (χ4v) is 2.95. The van der Waals surface area contributed by atoms with Crippen molar-refractivity contribution < 1.29 is 0 Å². The number of halogens is 1. The van der Waals surface area contributed by atoms with E-state index < -0.39 is 0 Å². The standard InChI is InChI=1S/C14H17ClN2S/c1-10(8-12-4-3-7-18-12)17(2)14-6-5-11(15)9-13(14)16/h3-7,9-10H,8,16H2,1-2H3. The maximum Gasteiger partial charge on any atom is 0.0600 e. The minimum absolute atomic E-state index is 0.395. The molecule has 0 spiro atoms. The third-order valence-electron chi connectivity index (χ3n) is 3.11. The van der Waals surface area contributed by atoms with Crippen molar-refractivity contribution in [3.8, 4) is 0 Å². The van der Waals surface area contributed by atoms with Gasteiger partial charge in [0.1, 0.15) is 0 Å². The van der Waals surface area contributed by atoms with Crippen molar-refractivity contribution in [2.24, 2.45) is 0 Å². The SMILES string of the molecule is CC(Cc1cccs1)N(C)c1ccc(Cl)cc1N. The van der Waals surface area contributed by atoms with E-state index in [2.05, 4.69) is 36.4 Å². The molecule has 0 aliphatic heterocycles. The number of hydrogen-bond acceptors (Lipinski definition) is 3. The molecular weight excluding hydrogens is 264 g/mol. The lowest BCUT2D eigenvalue weighted by Gasteiger charge is -2.28. The number of rotatable bonds is 4. The quantitative estimate of drug-likeness (QED) is 0.856. The second-order valence-electron chi connectivity index (χ2n) is 4.45. The van der Waals surface area contributed by atoms with Crippen molar-refractivity contribution in [3.63, 3.8) is 0 Å². The molecule has 2 N–H and O–H groups in total. The zero-order valence-corrected chi connectivity index (χ0v) is 12.1. The van der Waals surface area contributed by atoms with Gasteiger partial charge in [-0.2, -0.15) is 0 Å². The highest BCUT2D eigenvalue weighted by atomic mass is 35.5. The Kier molecular flexibility index (Phi) is 4.15. The van der Waals surface area contributed by atoms with E-state index in [1.165, 1.54) is 4.88 Å². The molecule has 0 aliphatic rings. The number of anilines is 2. The Morgan fingerprint density at radius 2 is 2.17 bits per heavy atom. The first kappa shape index (κ1) is 13.2. The molecule has 0 fully saturated rings. The van der Waals surface area contributed by atoms with Crippen LogP contribution in [0.2, 0.25) is 5.02 Å². The topological polar surface area (TPSA) is 29.3 Å². The van der Waals surface area contributed by atoms with Gasteiger partial charge < -0.3 is 10.6 Å². The predicted molar refractivity (Wildman–Crippen MR) is 81.8 cm³/mol. The van der Waals surface area contributed by atoms with E-state index >= 15 is 0 Å². The number of likely N-dealkylation sites (N-methyl/N-ethyl adjacent to an activating group) is 1. The van der Waals surface area contributed by atoms with Crippen LogP contribution in [0.1, 0.15) is 11.8 Å². The zero-order valence-electron chi connectivity index (χ0n) is 10.6. The number of thiophene rings is 1. The molecule has 0 saturated carbocycles. The van der Waals surface area contributed by atoms with E-state index in [9.17, 15) is 0 Å². The van der Waals surface area contributed by atoms with Gasteiger partial charge in [-0.25, -0.2) is 0 Å². The first-order valence-corrected chi connectivity index (χ1v) is 7.14. The fourth-order valence-electron chi connectivity index (χ4n) is 1.94. The Balaban J connectivity index is 2.12. The average Bonchev–Trinajstić information content (AvgIpc) is 2.81. The fraction of sp³-hybridized carbons (Fsp3) is 0.286. The van der Waals surface area contributed by atoms with Crippen LogP contribution in [0.4, 0.5) is 11.4 Å². The Bertz CT molecular complexity index is 511. The Hall–Kier alpha value is -1.19. The molecule has 2 aromatic rings. The third kappa shape index (κ3) is 2.98. The largest absolute Gasteiger partial charge is 0.397 e. The van der Waals surface area contributed by atoms with Crippen molar-refractivity contribution >= 4 is 34.3 Å². The molecule has 0 bridgehead atoms. The third-order valence-corrected chi connectivity index (χ3v) is 4.24. The first-order valence-electron chi connectivity index (χ1n) is 5.88. The van der Waals surface area contributed by atoms with Gasteiger partial charge in [0.15, 0.2) is 0 Å². The number of nitrogens with zero attached hydrogens (tertiary/aromatic N) is 1. The maximum absolute atomic E-state index is 6.01. The first-order chi connectivity index (χ1) is 8.58. The highest BCUT2D eigenvalue weighted by molar-refractivity contribution is 7.09. The Morgan fingerprint density at radius 3 is 2.78 bits per heavy atom. The summed E-state index contributed by atoms with van der Waals surface area (Å²) in [6.45, 7) is 2.20. The molecule has 1 aromatic heterocycles. The molecule has 0 saturated heterocycles. The van der Waals surface area contributed by atoms with Gasteiger partial charge >= 0.3 is 0 Å². The molecular formula is C14H17ClN2S. The minimum atomic E-state index is 0.395. The van der Waals surface area contributed by atoms with E-state index in [0.29, 0.717) is 11.1 Å². The van der Waals surface area contributed by atoms with Crippen LogP contribution >= 0.6 is 22.9 Å². The molecule has 1 heterocycles. The summed E-state index contributed by atoms with van der Waals surface area (Å²) in [4.78, 5) is 3.59. The van der Waals surface area contributed by atoms with Gasteiger partial charge in [0.25, 0.3) is 0 Å². The number of hydrogen-bond donors (Lipinski definition) is 1. The maximum atomic E-state index is 6.01. The van der Waals surface area contributed by atoms with Crippen molar-refractivity contribution in [1.29, 1.82) is 0 Å². The van der Waals surface area contributed by atoms with Gasteiger partial charge in [0.05, 0.1) is 11.4 Å². The van der Waals surface area contributed by atoms with E-state index in [-0.39, 0.29) is 0 Å². The summed E-state index contributed by atoms with van der Waals surface area (Å²) < 4.78 is 0. The van der Waals surface area contributed by atoms with Gasteiger partial charge in [-0.1, -0.05) is 17.7 Å². The van der Waals surface area contributed by atoms with Crippen LogP contribution in [0.3, 0.4) is 0 Å². The molecule has 1 aromatic carbocycles. The molecule has 2 nitrogen and oxygen atoms in total. The summed E-state index contributed by atoms with van der Waals surface area (Å²) >= 11 is 7.71. The van der Waals surface area contributed by atoms with Crippen LogP contribution in [-0.4, -0.2) is 13.1 Å². The van der Waals surface area contributed by atoms with Crippen molar-refractivity contribution in [2.75, 3.05) is 17.7 Å².